The van der Waals surface area contributed by atoms with Crippen LogP contribution in [0.2, 0.25) is 0 Å². The van der Waals surface area contributed by atoms with Crippen LogP contribution in [0.15, 0.2) is 0 Å². The summed E-state index contributed by atoms with van der Waals surface area (Å²) in [6.07, 6.45) is 0. The molecular weight excluding hydrogens is 287 g/mol. The van der Waals surface area contributed by atoms with Gasteiger partial charge in [-0.25, -0.2) is 0 Å². The molecule has 0 spiro atoms. The maximum atomic E-state index is 9.53. The topological polar surface area (TPSA) is 181 Å². The Labute approximate surface area is 115 Å². The van der Waals surface area contributed by atoms with Gasteiger partial charge in [0.15, 0.2) is 0 Å². The SMILES string of the molecule is O.O.[H-].[K+].[O]=[Cr](=[O])([OH])[O][Cr](=[O])(=[O])[OH]. The monoisotopic (exact) mass is 294 g/mol. The van der Waals surface area contributed by atoms with Gasteiger partial charge in [0.1, 0.15) is 0 Å². The van der Waals surface area contributed by atoms with Gasteiger partial charge < -0.3 is 12.4 Å². The van der Waals surface area contributed by atoms with E-state index in [1.807, 2.05) is 0 Å². The van der Waals surface area contributed by atoms with Gasteiger partial charge in [-0.05, 0) is 0 Å². The van der Waals surface area contributed by atoms with Crippen LogP contribution in [0.3, 0.4) is 0 Å². The minimum atomic E-state index is -5.76. The van der Waals surface area contributed by atoms with Crippen molar-refractivity contribution in [3.63, 3.8) is 0 Å². The fourth-order valence-corrected chi connectivity index (χ4v) is 1.85. The van der Waals surface area contributed by atoms with E-state index in [2.05, 4.69) is 2.84 Å². The van der Waals surface area contributed by atoms with Gasteiger partial charge in [-0.2, -0.15) is 0 Å². The summed E-state index contributed by atoms with van der Waals surface area (Å²) >= 11 is -11.5. The molecule has 0 rings (SSSR count). The molecule has 6 N–H and O–H groups in total. The van der Waals surface area contributed by atoms with Gasteiger partial charge in [0.25, 0.3) is 0 Å². The van der Waals surface area contributed by atoms with Gasteiger partial charge >= 0.3 is 105 Å². The average molecular weight is 294 g/mol. The Morgan fingerprint density at radius 2 is 1.08 bits per heavy atom. The van der Waals surface area contributed by atoms with Crippen LogP contribution < -0.4 is 51.4 Å². The molecular formula is H7Cr2KO9. The van der Waals surface area contributed by atoms with Crippen LogP contribution in [0.4, 0.5) is 0 Å². The van der Waals surface area contributed by atoms with Crippen molar-refractivity contribution in [2.45, 2.75) is 0 Å². The summed E-state index contributed by atoms with van der Waals surface area (Å²) in [5.41, 5.74) is 0. The summed E-state index contributed by atoms with van der Waals surface area (Å²) < 4.78 is 56.3. The first-order valence-corrected chi connectivity index (χ1v) is 5.63. The standard InChI is InChI=1S/2Cr.K.4H2O.5O.H/h;;;4*1H2;;;;;;/q3*+1;;;;;;;;;;-1/p-2. The van der Waals surface area contributed by atoms with Gasteiger partial charge in [0.2, 0.25) is 0 Å². The van der Waals surface area contributed by atoms with E-state index in [0.29, 0.717) is 0 Å². The Hall–Kier alpha value is 1.70. The quantitative estimate of drug-likeness (QED) is 0.475. The summed E-state index contributed by atoms with van der Waals surface area (Å²) in [6, 6.07) is 0. The maximum absolute atomic E-state index is 9.53. The number of hydrogen-bond acceptors (Lipinski definition) is 5. The van der Waals surface area contributed by atoms with Crippen molar-refractivity contribution < 1.29 is 117 Å². The normalized spacial score (nSPS) is 10.2. The van der Waals surface area contributed by atoms with E-state index in [9.17, 15) is 15.2 Å². The molecule has 74 valence electrons. The fraction of sp³-hybridized carbons (Fsp3) is 0. The average Bonchev–Trinajstić information content (AvgIpc) is 1.14. The molecule has 0 saturated heterocycles. The van der Waals surface area contributed by atoms with Crippen molar-refractivity contribution in [1.29, 1.82) is 0 Å². The van der Waals surface area contributed by atoms with Crippen molar-refractivity contribution in [3.05, 3.63) is 0 Å². The van der Waals surface area contributed by atoms with Crippen LogP contribution in [0.5, 0.6) is 0 Å². The van der Waals surface area contributed by atoms with Crippen LogP contribution in [-0.4, -0.2) is 19.3 Å². The molecule has 0 aromatic carbocycles. The van der Waals surface area contributed by atoms with E-state index in [1.54, 1.807) is 0 Å². The second kappa shape index (κ2) is 8.05. The molecule has 0 aliphatic rings. The van der Waals surface area contributed by atoms with Gasteiger partial charge in [-0.15, -0.1) is 0 Å². The molecule has 0 radical (unpaired) electrons. The molecule has 0 aliphatic carbocycles. The Bertz CT molecular complexity index is 243. The molecule has 0 unspecified atom stereocenters. The van der Waals surface area contributed by atoms with E-state index in [1.165, 1.54) is 0 Å². The van der Waals surface area contributed by atoms with E-state index in [4.69, 9.17) is 8.32 Å². The molecule has 12 heteroatoms. The van der Waals surface area contributed by atoms with Gasteiger partial charge in [0, 0.05) is 0 Å². The van der Waals surface area contributed by atoms with Crippen molar-refractivity contribution >= 4 is 0 Å². The van der Waals surface area contributed by atoms with Crippen LogP contribution in [0, 0.1) is 0 Å². The fourth-order valence-electron chi connectivity index (χ4n) is 0.109. The number of rotatable bonds is 2. The summed E-state index contributed by atoms with van der Waals surface area (Å²) in [4.78, 5) is 0. The first-order chi connectivity index (χ1) is 3.71. The van der Waals surface area contributed by atoms with E-state index >= 15 is 0 Å². The predicted molar refractivity (Wildman–Crippen MR) is 16.6 cm³/mol. The third-order valence-electron chi connectivity index (χ3n) is 0.172. The van der Waals surface area contributed by atoms with Crippen molar-refractivity contribution in [1.82, 2.24) is 0 Å². The van der Waals surface area contributed by atoms with Gasteiger partial charge in [0.05, 0.1) is 0 Å². The molecule has 0 atom stereocenters. The molecule has 0 aromatic rings. The summed E-state index contributed by atoms with van der Waals surface area (Å²) in [6.45, 7) is 0. The zero-order chi connectivity index (χ0) is 7.71. The second-order valence-corrected chi connectivity index (χ2v) is 4.68. The minimum absolute atomic E-state index is 0. The van der Waals surface area contributed by atoms with Crippen LogP contribution >= 0.6 is 0 Å². The van der Waals surface area contributed by atoms with Crippen LogP contribution in [-0.2, 0) is 45.3 Å². The molecule has 0 saturated carbocycles. The Kier molecular flexibility index (Phi) is 15.7. The predicted octanol–water partition coefficient (Wildman–Crippen LogP) is -6.20. The third kappa shape index (κ3) is 22.6. The van der Waals surface area contributed by atoms with Crippen molar-refractivity contribution in [2.24, 2.45) is 0 Å². The second-order valence-electron chi connectivity index (χ2n) is 0.924. The Morgan fingerprint density at radius 1 is 0.917 bits per heavy atom. The molecule has 0 aliphatic heterocycles. The molecule has 12 heavy (non-hydrogen) atoms. The Balaban J connectivity index is -0.0000000533. The summed E-state index contributed by atoms with van der Waals surface area (Å²) in [5, 5.41) is 0. The van der Waals surface area contributed by atoms with Crippen LogP contribution in [0.1, 0.15) is 1.43 Å². The number of hydrogen-bond donors (Lipinski definition) is 2. The molecule has 9 nitrogen and oxygen atoms in total. The zero-order valence-electron chi connectivity index (χ0n) is 6.75. The van der Waals surface area contributed by atoms with E-state index in [-0.39, 0.29) is 63.8 Å². The third-order valence-corrected chi connectivity index (χ3v) is 2.92. The molecule has 0 fully saturated rings. The molecule has 0 heterocycles. The summed E-state index contributed by atoms with van der Waals surface area (Å²) in [5.74, 6) is 0. The van der Waals surface area contributed by atoms with Gasteiger partial charge in [-0.1, -0.05) is 0 Å². The van der Waals surface area contributed by atoms with Gasteiger partial charge in [-0.3, -0.25) is 0 Å². The summed E-state index contributed by atoms with van der Waals surface area (Å²) in [7, 11) is 0. The molecule has 0 amide bonds. The van der Waals surface area contributed by atoms with Crippen LogP contribution in [0.25, 0.3) is 0 Å². The molecule has 0 aromatic heterocycles. The molecule has 0 bridgehead atoms. The Morgan fingerprint density at radius 3 is 1.08 bits per heavy atom. The van der Waals surface area contributed by atoms with E-state index < -0.39 is 27.2 Å². The first kappa shape index (κ1) is 23.5. The van der Waals surface area contributed by atoms with Crippen molar-refractivity contribution in [3.8, 4) is 0 Å². The van der Waals surface area contributed by atoms with E-state index in [0.717, 1.165) is 0 Å². The van der Waals surface area contributed by atoms with Crippen molar-refractivity contribution in [2.75, 3.05) is 0 Å². The first-order valence-electron chi connectivity index (χ1n) is 1.37. The zero-order valence-corrected chi connectivity index (χ0v) is 11.4.